The van der Waals surface area contributed by atoms with E-state index in [4.69, 9.17) is 4.74 Å². The average molecular weight is 318 g/mol. The predicted molar refractivity (Wildman–Crippen MR) is 87.5 cm³/mol. The van der Waals surface area contributed by atoms with Crippen molar-refractivity contribution in [3.8, 4) is 0 Å². The Balaban J connectivity index is 2.06. The Morgan fingerprint density at radius 3 is 2.65 bits per heavy atom. The van der Waals surface area contributed by atoms with Crippen molar-refractivity contribution in [3.05, 3.63) is 36.0 Å². The molecule has 0 spiro atoms. The van der Waals surface area contributed by atoms with Gasteiger partial charge in [-0.15, -0.1) is 0 Å². The van der Waals surface area contributed by atoms with Crippen molar-refractivity contribution in [2.75, 3.05) is 7.11 Å². The van der Waals surface area contributed by atoms with Crippen LogP contribution in [0.1, 0.15) is 19.4 Å². The number of H-pyrrole nitrogens is 1. The second-order valence-electron chi connectivity index (χ2n) is 6.01. The number of benzene rings is 1. The van der Waals surface area contributed by atoms with Gasteiger partial charge in [0.25, 0.3) is 5.91 Å². The minimum atomic E-state index is -0.653. The molecule has 1 heterocycles. The number of methoxy groups -OCH3 is 1. The zero-order valence-electron chi connectivity index (χ0n) is 13.8. The number of aromatic nitrogens is 1. The number of ether oxygens (including phenoxy) is 1. The first-order chi connectivity index (χ1) is 10.9. The number of carbonyl (C=O) groups is 2. The fraction of sp³-hybridized carbons (Fsp3) is 0.412. The van der Waals surface area contributed by atoms with E-state index in [2.05, 4.69) is 16.0 Å². The molecule has 1 aromatic carbocycles. The Hall–Kier alpha value is -2.34. The number of para-hydroxylation sites is 1. The summed E-state index contributed by atoms with van der Waals surface area (Å²) >= 11 is 0. The van der Waals surface area contributed by atoms with E-state index in [1.54, 1.807) is 0 Å². The molecule has 2 atom stereocenters. The van der Waals surface area contributed by atoms with Crippen LogP contribution in [0.4, 0.5) is 0 Å². The predicted octanol–water partition coefficient (Wildman–Crippen LogP) is 0.635. The Labute approximate surface area is 135 Å². The second-order valence-corrected chi connectivity index (χ2v) is 6.01. The van der Waals surface area contributed by atoms with E-state index in [0.29, 0.717) is 6.42 Å². The number of quaternary nitrogens is 1. The minimum Gasteiger partial charge on any atom is -0.467 e. The molecule has 0 aliphatic carbocycles. The van der Waals surface area contributed by atoms with Crippen LogP contribution in [0, 0.1) is 5.92 Å². The summed E-state index contributed by atoms with van der Waals surface area (Å²) < 4.78 is 4.74. The van der Waals surface area contributed by atoms with Crippen molar-refractivity contribution >= 4 is 22.8 Å². The molecule has 1 amide bonds. The first-order valence-electron chi connectivity index (χ1n) is 7.70. The SMILES string of the molecule is COC(=O)[C@H](NC(=O)[C@H]([NH3+])Cc1c[nH]c2ccccc12)C(C)C. The molecule has 6 heteroatoms. The zero-order chi connectivity index (χ0) is 17.0. The molecular formula is C17H24N3O3+. The number of rotatable bonds is 6. The highest BCUT2D eigenvalue weighted by Crippen LogP contribution is 2.18. The lowest BCUT2D eigenvalue weighted by Crippen LogP contribution is -2.69. The highest BCUT2D eigenvalue weighted by Gasteiger charge is 2.28. The lowest BCUT2D eigenvalue weighted by molar-refractivity contribution is -0.403. The summed E-state index contributed by atoms with van der Waals surface area (Å²) in [5, 5.41) is 3.83. The monoisotopic (exact) mass is 318 g/mol. The topological polar surface area (TPSA) is 98.8 Å². The third kappa shape index (κ3) is 3.90. The summed E-state index contributed by atoms with van der Waals surface area (Å²) in [5.74, 6) is -0.737. The summed E-state index contributed by atoms with van der Waals surface area (Å²) in [6.07, 6.45) is 2.40. The lowest BCUT2D eigenvalue weighted by atomic mass is 10.0. The molecule has 0 radical (unpaired) electrons. The summed E-state index contributed by atoms with van der Waals surface area (Å²) in [4.78, 5) is 27.3. The van der Waals surface area contributed by atoms with E-state index >= 15 is 0 Å². The molecule has 0 saturated heterocycles. The van der Waals surface area contributed by atoms with Crippen molar-refractivity contribution < 1.29 is 20.1 Å². The Morgan fingerprint density at radius 1 is 1.30 bits per heavy atom. The minimum absolute atomic E-state index is 0.0494. The van der Waals surface area contributed by atoms with Crippen molar-refractivity contribution in [1.82, 2.24) is 10.3 Å². The maximum Gasteiger partial charge on any atom is 0.328 e. The molecule has 1 aromatic heterocycles. The van der Waals surface area contributed by atoms with Crippen molar-refractivity contribution in [1.29, 1.82) is 0 Å². The van der Waals surface area contributed by atoms with Gasteiger partial charge in [0, 0.05) is 23.5 Å². The van der Waals surface area contributed by atoms with Gasteiger partial charge in [-0.2, -0.15) is 0 Å². The largest absolute Gasteiger partial charge is 0.467 e. The summed E-state index contributed by atoms with van der Waals surface area (Å²) in [6, 6.07) is 6.78. The molecule has 0 aliphatic heterocycles. The number of aromatic amines is 1. The molecule has 0 aliphatic rings. The molecule has 0 unspecified atom stereocenters. The van der Waals surface area contributed by atoms with Gasteiger partial charge in [-0.1, -0.05) is 32.0 Å². The molecule has 0 bridgehead atoms. The number of esters is 1. The quantitative estimate of drug-likeness (QED) is 0.681. The van der Waals surface area contributed by atoms with Crippen molar-refractivity contribution in [2.24, 2.45) is 5.92 Å². The van der Waals surface area contributed by atoms with E-state index in [1.807, 2.05) is 44.3 Å². The Morgan fingerprint density at radius 2 is 2.00 bits per heavy atom. The third-order valence-electron chi connectivity index (χ3n) is 3.93. The van der Waals surface area contributed by atoms with Crippen molar-refractivity contribution in [3.63, 3.8) is 0 Å². The highest BCUT2D eigenvalue weighted by molar-refractivity contribution is 5.88. The maximum atomic E-state index is 12.3. The first-order valence-corrected chi connectivity index (χ1v) is 7.70. The summed E-state index contributed by atoms with van der Waals surface area (Å²) in [5.41, 5.74) is 6.01. The van der Waals surface area contributed by atoms with Gasteiger partial charge in [0.2, 0.25) is 0 Å². The fourth-order valence-corrected chi connectivity index (χ4v) is 2.55. The van der Waals surface area contributed by atoms with Crippen LogP contribution in [0.15, 0.2) is 30.5 Å². The number of nitrogens with one attached hydrogen (secondary N) is 2. The number of hydrogen-bond donors (Lipinski definition) is 3. The second kappa shape index (κ2) is 7.28. The van der Waals surface area contributed by atoms with Gasteiger partial charge < -0.3 is 20.8 Å². The molecule has 2 aromatic rings. The third-order valence-corrected chi connectivity index (χ3v) is 3.93. The van der Waals surface area contributed by atoms with Crippen molar-refractivity contribution in [2.45, 2.75) is 32.4 Å². The molecule has 6 nitrogen and oxygen atoms in total. The van der Waals surface area contributed by atoms with Gasteiger partial charge in [-0.05, 0) is 17.5 Å². The zero-order valence-corrected chi connectivity index (χ0v) is 13.8. The lowest BCUT2D eigenvalue weighted by Gasteiger charge is -2.20. The van der Waals surface area contributed by atoms with Gasteiger partial charge in [0.1, 0.15) is 6.04 Å². The van der Waals surface area contributed by atoms with Crippen LogP contribution in [0.2, 0.25) is 0 Å². The molecule has 124 valence electrons. The molecular weight excluding hydrogens is 294 g/mol. The Bertz CT molecular complexity index is 693. The first kappa shape index (κ1) is 17.0. The van der Waals surface area contributed by atoms with Gasteiger partial charge in [0.05, 0.1) is 7.11 Å². The van der Waals surface area contributed by atoms with Crippen LogP contribution in [0.25, 0.3) is 10.9 Å². The summed E-state index contributed by atoms with van der Waals surface area (Å²) in [7, 11) is 1.32. The van der Waals surface area contributed by atoms with Crippen LogP contribution in [0.3, 0.4) is 0 Å². The summed E-state index contributed by atoms with van der Waals surface area (Å²) in [6.45, 7) is 3.72. The average Bonchev–Trinajstić information content (AvgIpc) is 2.94. The van der Waals surface area contributed by atoms with Gasteiger partial charge in [-0.25, -0.2) is 4.79 Å². The molecule has 0 fully saturated rings. The van der Waals surface area contributed by atoms with Gasteiger partial charge in [0.15, 0.2) is 6.04 Å². The number of amides is 1. The van der Waals surface area contributed by atoms with E-state index in [1.165, 1.54) is 7.11 Å². The van der Waals surface area contributed by atoms with E-state index in [9.17, 15) is 9.59 Å². The van der Waals surface area contributed by atoms with E-state index in [0.717, 1.165) is 16.5 Å². The smallest absolute Gasteiger partial charge is 0.328 e. The fourth-order valence-electron chi connectivity index (χ4n) is 2.55. The Kier molecular flexibility index (Phi) is 5.39. The number of carbonyl (C=O) groups excluding carboxylic acids is 2. The van der Waals surface area contributed by atoms with Gasteiger partial charge >= 0.3 is 5.97 Å². The van der Waals surface area contributed by atoms with Crippen LogP contribution < -0.4 is 11.1 Å². The van der Waals surface area contributed by atoms with Crippen LogP contribution in [0.5, 0.6) is 0 Å². The van der Waals surface area contributed by atoms with E-state index in [-0.39, 0.29) is 11.8 Å². The van der Waals surface area contributed by atoms with E-state index < -0.39 is 18.1 Å². The molecule has 5 N–H and O–H groups in total. The van der Waals surface area contributed by atoms with Crippen LogP contribution in [-0.4, -0.2) is 36.1 Å². The maximum absolute atomic E-state index is 12.3. The van der Waals surface area contributed by atoms with Crippen LogP contribution in [-0.2, 0) is 20.7 Å². The number of fused-ring (bicyclic) bond motifs is 1. The molecule has 0 saturated carbocycles. The molecule has 2 rings (SSSR count). The normalized spacial score (nSPS) is 13.8. The molecule has 23 heavy (non-hydrogen) atoms. The number of hydrogen-bond acceptors (Lipinski definition) is 3. The highest BCUT2D eigenvalue weighted by atomic mass is 16.5. The van der Waals surface area contributed by atoms with Crippen LogP contribution >= 0.6 is 0 Å². The standard InChI is InChI=1S/C17H23N3O3/c1-10(2)15(17(22)23-3)20-16(21)13(18)8-11-9-19-14-7-5-4-6-12(11)14/h4-7,9-10,13,15,19H,8,18H2,1-3H3,(H,20,21)/p+1/t13-,15-/m1/s1. The van der Waals surface area contributed by atoms with Gasteiger partial charge in [-0.3, -0.25) is 4.79 Å².